The number of hydrogen-bond acceptors (Lipinski definition) is 2. The van der Waals surface area contributed by atoms with E-state index in [9.17, 15) is 4.79 Å². The lowest BCUT2D eigenvalue weighted by molar-refractivity contribution is 0.0744. The van der Waals surface area contributed by atoms with Crippen molar-refractivity contribution >= 4 is 16.8 Å². The Kier molecular flexibility index (Phi) is 6.29. The number of amides is 1. The van der Waals surface area contributed by atoms with E-state index in [2.05, 4.69) is 37.5 Å². The SMILES string of the molecule is CCCN(CCC)C(=O)c1c(C)c2cc(OCC)ccc2n1CC. The van der Waals surface area contributed by atoms with Crippen molar-refractivity contribution in [3.63, 3.8) is 0 Å². The molecule has 132 valence electrons. The molecule has 0 bridgehead atoms. The number of aryl methyl sites for hydroxylation is 2. The fraction of sp³-hybridized carbons (Fsp3) is 0.550. The van der Waals surface area contributed by atoms with E-state index < -0.39 is 0 Å². The van der Waals surface area contributed by atoms with Gasteiger partial charge < -0.3 is 14.2 Å². The van der Waals surface area contributed by atoms with E-state index in [-0.39, 0.29) is 5.91 Å². The molecule has 0 aliphatic rings. The van der Waals surface area contributed by atoms with Gasteiger partial charge in [-0.25, -0.2) is 0 Å². The number of hydrogen-bond donors (Lipinski definition) is 0. The lowest BCUT2D eigenvalue weighted by atomic mass is 10.1. The number of carbonyl (C=O) groups is 1. The molecule has 4 nitrogen and oxygen atoms in total. The second kappa shape index (κ2) is 8.22. The van der Waals surface area contributed by atoms with Crippen LogP contribution < -0.4 is 4.74 Å². The first-order chi connectivity index (χ1) is 11.6. The first-order valence-electron chi connectivity index (χ1n) is 9.13. The number of carbonyl (C=O) groups excluding carboxylic acids is 1. The zero-order valence-electron chi connectivity index (χ0n) is 15.7. The highest BCUT2D eigenvalue weighted by atomic mass is 16.5. The van der Waals surface area contributed by atoms with Crippen LogP contribution in [0.4, 0.5) is 0 Å². The molecule has 0 saturated heterocycles. The quantitative estimate of drug-likeness (QED) is 0.707. The van der Waals surface area contributed by atoms with Gasteiger partial charge in [0.15, 0.2) is 0 Å². The van der Waals surface area contributed by atoms with Crippen LogP contribution in [-0.4, -0.2) is 35.1 Å². The monoisotopic (exact) mass is 330 g/mol. The molecule has 0 saturated carbocycles. The minimum absolute atomic E-state index is 0.146. The van der Waals surface area contributed by atoms with Crippen LogP contribution in [0.1, 0.15) is 56.6 Å². The molecule has 0 N–H and O–H groups in total. The van der Waals surface area contributed by atoms with Gasteiger partial charge in [0.25, 0.3) is 5.91 Å². The van der Waals surface area contributed by atoms with Crippen LogP contribution in [0.3, 0.4) is 0 Å². The van der Waals surface area contributed by atoms with Crippen molar-refractivity contribution in [3.05, 3.63) is 29.5 Å². The van der Waals surface area contributed by atoms with Crippen LogP contribution in [0, 0.1) is 6.92 Å². The zero-order valence-corrected chi connectivity index (χ0v) is 15.7. The van der Waals surface area contributed by atoms with E-state index in [0.29, 0.717) is 6.61 Å². The molecule has 0 fully saturated rings. The van der Waals surface area contributed by atoms with Gasteiger partial charge >= 0.3 is 0 Å². The Hall–Kier alpha value is -1.97. The first-order valence-corrected chi connectivity index (χ1v) is 9.13. The molecule has 0 aliphatic carbocycles. The molecule has 0 atom stereocenters. The Labute approximate surface area is 145 Å². The standard InChI is InChI=1S/C20H30N2O2/c1-6-12-21(13-7-2)20(23)19-15(5)17-14-16(24-9-4)10-11-18(17)22(19)8-3/h10-11,14H,6-9,12-13H2,1-5H3. The highest BCUT2D eigenvalue weighted by Crippen LogP contribution is 2.30. The summed E-state index contributed by atoms with van der Waals surface area (Å²) >= 11 is 0. The third-order valence-electron chi connectivity index (χ3n) is 4.39. The summed E-state index contributed by atoms with van der Waals surface area (Å²) in [7, 11) is 0. The number of ether oxygens (including phenoxy) is 1. The summed E-state index contributed by atoms with van der Waals surface area (Å²) in [5.41, 5.74) is 2.98. The molecule has 1 heterocycles. The average Bonchev–Trinajstić information content (AvgIpc) is 2.86. The van der Waals surface area contributed by atoms with Crippen molar-refractivity contribution in [1.29, 1.82) is 0 Å². The van der Waals surface area contributed by atoms with E-state index in [4.69, 9.17) is 4.74 Å². The highest BCUT2D eigenvalue weighted by Gasteiger charge is 2.23. The lowest BCUT2D eigenvalue weighted by Gasteiger charge is -2.22. The molecular formula is C20H30N2O2. The van der Waals surface area contributed by atoms with Crippen molar-refractivity contribution in [3.8, 4) is 5.75 Å². The van der Waals surface area contributed by atoms with E-state index in [1.807, 2.05) is 24.8 Å². The molecule has 1 amide bonds. The Morgan fingerprint density at radius 3 is 2.33 bits per heavy atom. The van der Waals surface area contributed by atoms with Crippen LogP contribution in [0.25, 0.3) is 10.9 Å². The normalized spacial score (nSPS) is 11.0. The lowest BCUT2D eigenvalue weighted by Crippen LogP contribution is -2.34. The second-order valence-corrected chi connectivity index (χ2v) is 6.12. The smallest absolute Gasteiger partial charge is 0.270 e. The summed E-state index contributed by atoms with van der Waals surface area (Å²) in [5.74, 6) is 1.01. The Balaban J connectivity index is 2.55. The molecule has 0 unspecified atom stereocenters. The molecule has 24 heavy (non-hydrogen) atoms. The molecule has 1 aromatic heterocycles. The molecule has 4 heteroatoms. The molecule has 1 aromatic carbocycles. The van der Waals surface area contributed by atoms with Crippen molar-refractivity contribution in [2.45, 2.75) is 54.0 Å². The highest BCUT2D eigenvalue weighted by molar-refractivity contribution is 6.02. The first kappa shape index (κ1) is 18.4. The van der Waals surface area contributed by atoms with Gasteiger partial charge in [-0.2, -0.15) is 0 Å². The Bertz CT molecular complexity index is 697. The predicted molar refractivity (Wildman–Crippen MR) is 100 cm³/mol. The molecule has 2 rings (SSSR count). The maximum absolute atomic E-state index is 13.2. The van der Waals surface area contributed by atoms with Crippen molar-refractivity contribution in [1.82, 2.24) is 9.47 Å². The summed E-state index contributed by atoms with van der Waals surface area (Å²) in [6.45, 7) is 13.4. The third kappa shape index (κ3) is 3.42. The van der Waals surface area contributed by atoms with Crippen LogP contribution in [0.5, 0.6) is 5.75 Å². The summed E-state index contributed by atoms with van der Waals surface area (Å²) in [5, 5.41) is 1.11. The summed E-state index contributed by atoms with van der Waals surface area (Å²) in [6, 6.07) is 6.11. The number of rotatable bonds is 8. The number of aromatic nitrogens is 1. The minimum Gasteiger partial charge on any atom is -0.494 e. The molecular weight excluding hydrogens is 300 g/mol. The van der Waals surface area contributed by atoms with Gasteiger partial charge in [0, 0.05) is 30.5 Å². The predicted octanol–water partition coefficient (Wildman–Crippen LogP) is 4.63. The Morgan fingerprint density at radius 1 is 1.12 bits per heavy atom. The number of nitrogens with zero attached hydrogens (tertiary/aromatic N) is 2. The van der Waals surface area contributed by atoms with Crippen LogP contribution in [0.2, 0.25) is 0 Å². The molecule has 0 aliphatic heterocycles. The van der Waals surface area contributed by atoms with E-state index in [1.54, 1.807) is 0 Å². The maximum atomic E-state index is 13.2. The van der Waals surface area contributed by atoms with Crippen molar-refractivity contribution < 1.29 is 9.53 Å². The summed E-state index contributed by atoms with van der Waals surface area (Å²) in [6.07, 6.45) is 1.96. The third-order valence-corrected chi connectivity index (χ3v) is 4.39. The van der Waals surface area contributed by atoms with Crippen molar-refractivity contribution in [2.24, 2.45) is 0 Å². The fourth-order valence-electron chi connectivity index (χ4n) is 3.37. The van der Waals surface area contributed by atoms with E-state index >= 15 is 0 Å². The molecule has 2 aromatic rings. The maximum Gasteiger partial charge on any atom is 0.270 e. The summed E-state index contributed by atoms with van der Waals surface area (Å²) < 4.78 is 7.77. The van der Waals surface area contributed by atoms with Crippen LogP contribution in [0.15, 0.2) is 18.2 Å². The minimum atomic E-state index is 0.146. The van der Waals surface area contributed by atoms with Gasteiger partial charge in [0.1, 0.15) is 11.4 Å². The van der Waals surface area contributed by atoms with E-state index in [1.165, 1.54) is 0 Å². The number of fused-ring (bicyclic) bond motifs is 1. The Morgan fingerprint density at radius 2 is 1.79 bits per heavy atom. The largest absolute Gasteiger partial charge is 0.494 e. The average molecular weight is 330 g/mol. The van der Waals surface area contributed by atoms with Crippen LogP contribution in [-0.2, 0) is 6.54 Å². The molecule has 0 spiro atoms. The van der Waals surface area contributed by atoms with Crippen LogP contribution >= 0.6 is 0 Å². The summed E-state index contributed by atoms with van der Waals surface area (Å²) in [4.78, 5) is 15.2. The van der Waals surface area contributed by atoms with Gasteiger partial charge in [-0.05, 0) is 57.4 Å². The van der Waals surface area contributed by atoms with Gasteiger partial charge in [0.2, 0.25) is 0 Å². The van der Waals surface area contributed by atoms with Crippen molar-refractivity contribution in [2.75, 3.05) is 19.7 Å². The van der Waals surface area contributed by atoms with Gasteiger partial charge in [-0.1, -0.05) is 13.8 Å². The zero-order chi connectivity index (χ0) is 17.7. The van der Waals surface area contributed by atoms with Gasteiger partial charge in [0.05, 0.1) is 6.61 Å². The second-order valence-electron chi connectivity index (χ2n) is 6.12. The van der Waals surface area contributed by atoms with Gasteiger partial charge in [-0.3, -0.25) is 4.79 Å². The van der Waals surface area contributed by atoms with Gasteiger partial charge in [-0.15, -0.1) is 0 Å². The number of benzene rings is 1. The topological polar surface area (TPSA) is 34.5 Å². The fourth-order valence-corrected chi connectivity index (χ4v) is 3.37. The van der Waals surface area contributed by atoms with E-state index in [0.717, 1.165) is 60.4 Å². The molecule has 0 radical (unpaired) electrons.